The van der Waals surface area contributed by atoms with Gasteiger partial charge in [0, 0.05) is 12.6 Å². The Balaban J connectivity index is 1.90. The summed E-state index contributed by atoms with van der Waals surface area (Å²) in [5.74, 6) is -1.44. The third-order valence-electron chi connectivity index (χ3n) is 3.11. The van der Waals surface area contributed by atoms with Gasteiger partial charge in [-0.05, 0) is 47.9 Å². The normalized spacial score (nSPS) is 14.2. The van der Waals surface area contributed by atoms with Crippen LogP contribution in [0.4, 0.5) is 8.78 Å². The summed E-state index contributed by atoms with van der Waals surface area (Å²) >= 11 is 1.63. The summed E-state index contributed by atoms with van der Waals surface area (Å²) in [7, 11) is 0. The fourth-order valence-electron chi connectivity index (χ4n) is 2.08. The summed E-state index contributed by atoms with van der Waals surface area (Å²) < 4.78 is 27.0. The van der Waals surface area contributed by atoms with E-state index in [0.29, 0.717) is 0 Å². The fourth-order valence-corrected chi connectivity index (χ4v) is 2.76. The lowest BCUT2D eigenvalue weighted by Crippen LogP contribution is -2.32. The topological polar surface area (TPSA) is 32.3 Å². The number of thiophene rings is 1. The van der Waals surface area contributed by atoms with E-state index in [1.807, 2.05) is 18.4 Å². The zero-order chi connectivity index (χ0) is 14.5. The largest absolute Gasteiger partial charge is 0.387 e. The van der Waals surface area contributed by atoms with Gasteiger partial charge in [-0.15, -0.1) is 0 Å². The smallest absolute Gasteiger partial charge is 0.131 e. The summed E-state index contributed by atoms with van der Waals surface area (Å²) in [5, 5.41) is 17.1. The van der Waals surface area contributed by atoms with Gasteiger partial charge in [-0.1, -0.05) is 6.07 Å². The van der Waals surface area contributed by atoms with Crippen LogP contribution in [0.25, 0.3) is 0 Å². The number of aliphatic hydroxyl groups is 1. The first-order chi connectivity index (χ1) is 9.58. The van der Waals surface area contributed by atoms with Crippen LogP contribution in [0.1, 0.15) is 24.2 Å². The van der Waals surface area contributed by atoms with Gasteiger partial charge in [-0.2, -0.15) is 11.3 Å². The number of halogens is 2. The van der Waals surface area contributed by atoms with Crippen molar-refractivity contribution in [2.24, 2.45) is 0 Å². The molecule has 0 spiro atoms. The lowest BCUT2D eigenvalue weighted by atomic mass is 10.1. The molecule has 0 aliphatic carbocycles. The summed E-state index contributed by atoms with van der Waals surface area (Å²) in [4.78, 5) is 0. The Hall–Kier alpha value is -1.30. The molecule has 2 unspecified atom stereocenters. The van der Waals surface area contributed by atoms with E-state index in [0.717, 1.165) is 18.6 Å². The molecule has 2 rings (SSSR count). The third-order valence-corrected chi connectivity index (χ3v) is 3.85. The van der Waals surface area contributed by atoms with Gasteiger partial charge in [0.15, 0.2) is 0 Å². The van der Waals surface area contributed by atoms with Crippen molar-refractivity contribution < 1.29 is 13.9 Å². The Morgan fingerprint density at radius 1 is 1.25 bits per heavy atom. The zero-order valence-corrected chi connectivity index (χ0v) is 12.0. The summed E-state index contributed by atoms with van der Waals surface area (Å²) in [6.07, 6.45) is -0.378. The molecule has 0 radical (unpaired) electrons. The van der Waals surface area contributed by atoms with E-state index in [1.165, 1.54) is 11.6 Å². The molecule has 2 aromatic rings. The van der Waals surface area contributed by atoms with Crippen LogP contribution in [0.5, 0.6) is 0 Å². The van der Waals surface area contributed by atoms with Crippen LogP contribution < -0.4 is 5.32 Å². The van der Waals surface area contributed by atoms with Crippen LogP contribution in [0, 0.1) is 11.6 Å². The average Bonchev–Trinajstić information content (AvgIpc) is 2.89. The molecule has 0 fully saturated rings. The number of hydrogen-bond acceptors (Lipinski definition) is 3. The maximum absolute atomic E-state index is 13.5. The molecule has 1 aromatic heterocycles. The van der Waals surface area contributed by atoms with Gasteiger partial charge in [-0.25, -0.2) is 8.78 Å². The van der Waals surface area contributed by atoms with Crippen molar-refractivity contribution in [3.05, 3.63) is 57.8 Å². The van der Waals surface area contributed by atoms with Crippen LogP contribution in [-0.4, -0.2) is 17.7 Å². The highest BCUT2D eigenvalue weighted by Crippen LogP contribution is 2.20. The van der Waals surface area contributed by atoms with Crippen molar-refractivity contribution in [1.29, 1.82) is 0 Å². The second kappa shape index (κ2) is 6.92. The van der Waals surface area contributed by atoms with Gasteiger partial charge in [0.05, 0.1) is 11.7 Å². The lowest BCUT2D eigenvalue weighted by molar-refractivity contribution is 0.161. The fraction of sp³-hybridized carbons (Fsp3) is 0.333. The second-order valence-electron chi connectivity index (χ2n) is 4.80. The number of nitrogens with one attached hydrogen (secondary N) is 1. The first-order valence-corrected chi connectivity index (χ1v) is 7.38. The monoisotopic (exact) mass is 297 g/mol. The van der Waals surface area contributed by atoms with Crippen LogP contribution in [0.3, 0.4) is 0 Å². The molecular formula is C15H17F2NOS. The molecule has 0 amide bonds. The van der Waals surface area contributed by atoms with Crippen molar-refractivity contribution in [1.82, 2.24) is 5.32 Å². The number of hydrogen-bond donors (Lipinski definition) is 2. The van der Waals surface area contributed by atoms with E-state index < -0.39 is 17.7 Å². The van der Waals surface area contributed by atoms with Gasteiger partial charge in [-0.3, -0.25) is 0 Å². The van der Waals surface area contributed by atoms with E-state index >= 15 is 0 Å². The Morgan fingerprint density at radius 2 is 1.95 bits per heavy atom. The van der Waals surface area contributed by atoms with Crippen LogP contribution in [-0.2, 0) is 6.42 Å². The van der Waals surface area contributed by atoms with E-state index in [4.69, 9.17) is 0 Å². The molecule has 108 valence electrons. The lowest BCUT2D eigenvalue weighted by Gasteiger charge is -2.18. The van der Waals surface area contributed by atoms with Crippen molar-refractivity contribution >= 4 is 11.3 Å². The minimum atomic E-state index is -1.19. The molecule has 2 N–H and O–H groups in total. The van der Waals surface area contributed by atoms with Gasteiger partial charge in [0.2, 0.25) is 0 Å². The van der Waals surface area contributed by atoms with Crippen LogP contribution in [0.2, 0.25) is 0 Å². The molecule has 0 bridgehead atoms. The van der Waals surface area contributed by atoms with Crippen LogP contribution in [0.15, 0.2) is 35.0 Å². The number of aliphatic hydroxyl groups excluding tert-OH is 1. The van der Waals surface area contributed by atoms with Crippen molar-refractivity contribution in [3.63, 3.8) is 0 Å². The predicted octanol–water partition coefficient (Wildman–Crippen LogP) is 3.28. The molecule has 2 atom stereocenters. The molecule has 1 heterocycles. The first kappa shape index (κ1) is 15.1. The average molecular weight is 297 g/mol. The summed E-state index contributed by atoms with van der Waals surface area (Å²) in [5.41, 5.74) is 0.935. The summed E-state index contributed by atoms with van der Waals surface area (Å²) in [6, 6.07) is 5.74. The zero-order valence-electron chi connectivity index (χ0n) is 11.1. The molecule has 0 saturated heterocycles. The molecule has 0 saturated carbocycles. The highest BCUT2D eigenvalue weighted by Gasteiger charge is 2.18. The minimum absolute atomic E-state index is 0.114. The second-order valence-corrected chi connectivity index (χ2v) is 5.58. The quantitative estimate of drug-likeness (QED) is 0.857. The van der Waals surface area contributed by atoms with Crippen molar-refractivity contribution in [2.45, 2.75) is 25.5 Å². The Bertz CT molecular complexity index is 525. The SMILES string of the molecule is CC(Cc1ccsc1)NCC(O)c1c(F)cccc1F. The first-order valence-electron chi connectivity index (χ1n) is 6.44. The third kappa shape index (κ3) is 3.85. The Labute approximate surface area is 121 Å². The van der Waals surface area contributed by atoms with E-state index in [1.54, 1.807) is 11.3 Å². The summed E-state index contributed by atoms with van der Waals surface area (Å²) in [6.45, 7) is 2.09. The molecule has 2 nitrogen and oxygen atoms in total. The van der Waals surface area contributed by atoms with Crippen molar-refractivity contribution in [2.75, 3.05) is 6.54 Å². The van der Waals surface area contributed by atoms with Gasteiger partial charge < -0.3 is 10.4 Å². The molecule has 0 aliphatic heterocycles. The molecule has 20 heavy (non-hydrogen) atoms. The predicted molar refractivity (Wildman–Crippen MR) is 76.8 cm³/mol. The van der Waals surface area contributed by atoms with Crippen LogP contribution >= 0.6 is 11.3 Å². The highest BCUT2D eigenvalue weighted by molar-refractivity contribution is 7.07. The van der Waals surface area contributed by atoms with Gasteiger partial charge >= 0.3 is 0 Å². The molecular weight excluding hydrogens is 280 g/mol. The minimum Gasteiger partial charge on any atom is -0.387 e. The highest BCUT2D eigenvalue weighted by atomic mass is 32.1. The number of rotatable bonds is 6. The van der Waals surface area contributed by atoms with E-state index in [-0.39, 0.29) is 18.2 Å². The molecule has 0 aliphatic rings. The molecule has 1 aromatic carbocycles. The van der Waals surface area contributed by atoms with Crippen molar-refractivity contribution in [3.8, 4) is 0 Å². The maximum Gasteiger partial charge on any atom is 0.131 e. The van der Waals surface area contributed by atoms with E-state index in [9.17, 15) is 13.9 Å². The molecule has 5 heteroatoms. The standard InChI is InChI=1S/C15H17F2NOS/c1-10(7-11-5-6-20-9-11)18-8-14(19)15-12(16)3-2-4-13(15)17/h2-6,9-10,14,18-19H,7-8H2,1H3. The van der Waals surface area contributed by atoms with Gasteiger partial charge in [0.25, 0.3) is 0 Å². The Morgan fingerprint density at radius 3 is 2.55 bits per heavy atom. The Kier molecular flexibility index (Phi) is 5.23. The van der Waals surface area contributed by atoms with Gasteiger partial charge in [0.1, 0.15) is 11.6 Å². The van der Waals surface area contributed by atoms with E-state index in [2.05, 4.69) is 10.7 Å². The number of benzene rings is 1. The maximum atomic E-state index is 13.5.